The molecule has 1 saturated heterocycles. The van der Waals surface area contributed by atoms with Crippen LogP contribution in [0.25, 0.3) is 0 Å². The fourth-order valence-corrected chi connectivity index (χ4v) is 2.83. The Balaban J connectivity index is 2.56. The van der Waals surface area contributed by atoms with Crippen LogP contribution >= 0.6 is 0 Å². The molecule has 2 atom stereocenters. The smallest absolute Gasteiger partial charge is 0.158 e. The Morgan fingerprint density at radius 2 is 2.00 bits per heavy atom. The van der Waals surface area contributed by atoms with Gasteiger partial charge >= 0.3 is 0 Å². The molecule has 0 aromatic rings. The molecular formula is C13H29N3O2. The van der Waals surface area contributed by atoms with Crippen LogP contribution in [0.3, 0.4) is 0 Å². The topological polar surface area (TPSA) is 51.0 Å². The van der Waals surface area contributed by atoms with Crippen LogP contribution in [0.5, 0.6) is 0 Å². The van der Waals surface area contributed by atoms with Gasteiger partial charge in [-0.2, -0.15) is 0 Å². The number of hydrogen-bond donors (Lipinski definition) is 1. The molecule has 1 heterocycles. The fraction of sp³-hybridized carbons (Fsp3) is 1.00. The van der Waals surface area contributed by atoms with E-state index < -0.39 is 0 Å². The summed E-state index contributed by atoms with van der Waals surface area (Å²) in [6, 6.07) is 0.963. The first-order valence-electron chi connectivity index (χ1n) is 6.78. The third-order valence-electron chi connectivity index (χ3n) is 3.73. The van der Waals surface area contributed by atoms with Crippen LogP contribution in [0.1, 0.15) is 19.3 Å². The van der Waals surface area contributed by atoms with Crippen molar-refractivity contribution < 1.29 is 9.47 Å². The molecule has 1 rings (SSSR count). The maximum absolute atomic E-state index is 5.94. The molecule has 0 aromatic carbocycles. The van der Waals surface area contributed by atoms with E-state index in [0.29, 0.717) is 18.6 Å². The quantitative estimate of drug-likeness (QED) is 0.637. The zero-order valence-electron chi connectivity index (χ0n) is 12.3. The maximum Gasteiger partial charge on any atom is 0.158 e. The summed E-state index contributed by atoms with van der Waals surface area (Å²) >= 11 is 0. The number of likely N-dealkylation sites (tertiary alicyclic amines) is 1. The van der Waals surface area contributed by atoms with Crippen molar-refractivity contribution in [1.82, 2.24) is 9.80 Å². The van der Waals surface area contributed by atoms with Crippen molar-refractivity contribution in [3.05, 3.63) is 0 Å². The average Bonchev–Trinajstić information content (AvgIpc) is 2.78. The second kappa shape index (κ2) is 8.07. The van der Waals surface area contributed by atoms with Gasteiger partial charge in [0, 0.05) is 45.8 Å². The van der Waals surface area contributed by atoms with Gasteiger partial charge in [-0.25, -0.2) is 0 Å². The van der Waals surface area contributed by atoms with E-state index in [-0.39, 0.29) is 6.29 Å². The van der Waals surface area contributed by atoms with Crippen molar-refractivity contribution in [2.45, 2.75) is 37.6 Å². The third-order valence-corrected chi connectivity index (χ3v) is 3.73. The van der Waals surface area contributed by atoms with Crippen molar-refractivity contribution in [2.24, 2.45) is 5.73 Å². The van der Waals surface area contributed by atoms with Gasteiger partial charge in [0.2, 0.25) is 0 Å². The van der Waals surface area contributed by atoms with Crippen LogP contribution in [0.15, 0.2) is 0 Å². The molecule has 2 N–H and O–H groups in total. The van der Waals surface area contributed by atoms with Crippen LogP contribution in [0.2, 0.25) is 0 Å². The average molecular weight is 259 g/mol. The Bertz CT molecular complexity index is 222. The lowest BCUT2D eigenvalue weighted by Gasteiger charge is -2.35. The van der Waals surface area contributed by atoms with Gasteiger partial charge in [0.05, 0.1) is 0 Å². The molecule has 108 valence electrons. The van der Waals surface area contributed by atoms with Gasteiger partial charge in [-0.3, -0.25) is 4.90 Å². The molecule has 0 radical (unpaired) electrons. The number of nitrogens with zero attached hydrogens (tertiary/aromatic N) is 2. The lowest BCUT2D eigenvalue weighted by molar-refractivity contribution is -0.117. The minimum atomic E-state index is -0.154. The number of rotatable bonds is 8. The first kappa shape index (κ1) is 15.9. The first-order chi connectivity index (χ1) is 8.62. The van der Waals surface area contributed by atoms with Gasteiger partial charge in [-0.05, 0) is 33.5 Å². The number of ether oxygens (including phenoxy) is 2. The molecule has 1 aliphatic rings. The molecule has 0 aromatic heterocycles. The SMILES string of the molecule is COC(CC(CN)N1CCCC1CN(C)C)OC. The van der Waals surface area contributed by atoms with E-state index in [9.17, 15) is 0 Å². The molecule has 0 amide bonds. The summed E-state index contributed by atoms with van der Waals surface area (Å²) in [5.41, 5.74) is 5.94. The molecule has 5 heteroatoms. The van der Waals surface area contributed by atoms with Crippen molar-refractivity contribution in [3.8, 4) is 0 Å². The summed E-state index contributed by atoms with van der Waals surface area (Å²) < 4.78 is 10.6. The maximum atomic E-state index is 5.94. The lowest BCUT2D eigenvalue weighted by Crippen LogP contribution is -2.48. The highest BCUT2D eigenvalue weighted by Gasteiger charge is 2.31. The summed E-state index contributed by atoms with van der Waals surface area (Å²) in [4.78, 5) is 4.78. The van der Waals surface area contributed by atoms with Gasteiger partial charge in [0.15, 0.2) is 6.29 Å². The zero-order chi connectivity index (χ0) is 13.5. The summed E-state index contributed by atoms with van der Waals surface area (Å²) in [5, 5.41) is 0. The number of nitrogens with two attached hydrogens (primary N) is 1. The van der Waals surface area contributed by atoms with E-state index in [2.05, 4.69) is 23.9 Å². The van der Waals surface area contributed by atoms with E-state index in [1.165, 1.54) is 12.8 Å². The van der Waals surface area contributed by atoms with E-state index in [1.54, 1.807) is 14.2 Å². The third kappa shape index (κ3) is 4.48. The molecule has 0 bridgehead atoms. The summed E-state index contributed by atoms with van der Waals surface area (Å²) in [6.45, 7) is 2.90. The summed E-state index contributed by atoms with van der Waals surface area (Å²) in [6.07, 6.45) is 3.21. The van der Waals surface area contributed by atoms with Gasteiger partial charge in [0.1, 0.15) is 0 Å². The molecule has 1 aliphatic heterocycles. The van der Waals surface area contributed by atoms with E-state index in [4.69, 9.17) is 15.2 Å². The second-order valence-electron chi connectivity index (χ2n) is 5.32. The number of hydrogen-bond acceptors (Lipinski definition) is 5. The molecule has 0 saturated carbocycles. The lowest BCUT2D eigenvalue weighted by atomic mass is 10.1. The van der Waals surface area contributed by atoms with E-state index >= 15 is 0 Å². The fourth-order valence-electron chi connectivity index (χ4n) is 2.83. The molecule has 1 fully saturated rings. The van der Waals surface area contributed by atoms with Gasteiger partial charge in [-0.1, -0.05) is 0 Å². The van der Waals surface area contributed by atoms with Crippen LogP contribution < -0.4 is 5.73 Å². The monoisotopic (exact) mass is 259 g/mol. The summed E-state index contributed by atoms with van der Waals surface area (Å²) in [5.74, 6) is 0. The Morgan fingerprint density at radius 1 is 1.33 bits per heavy atom. The Kier molecular flexibility index (Phi) is 7.11. The molecule has 18 heavy (non-hydrogen) atoms. The summed E-state index contributed by atoms with van der Waals surface area (Å²) in [7, 11) is 7.62. The minimum absolute atomic E-state index is 0.154. The highest BCUT2D eigenvalue weighted by Crippen LogP contribution is 2.23. The normalized spacial score (nSPS) is 23.2. The van der Waals surface area contributed by atoms with Crippen molar-refractivity contribution >= 4 is 0 Å². The van der Waals surface area contributed by atoms with Crippen molar-refractivity contribution in [1.29, 1.82) is 0 Å². The molecule has 2 unspecified atom stereocenters. The number of methoxy groups -OCH3 is 2. The van der Waals surface area contributed by atoms with Crippen LogP contribution in [-0.4, -0.2) is 76.1 Å². The predicted octanol–water partition coefficient (Wildman–Crippen LogP) is 0.349. The Labute approximate surface area is 111 Å². The first-order valence-corrected chi connectivity index (χ1v) is 6.78. The highest BCUT2D eigenvalue weighted by atomic mass is 16.7. The van der Waals surface area contributed by atoms with Gasteiger partial charge < -0.3 is 20.1 Å². The van der Waals surface area contributed by atoms with Gasteiger partial charge in [0.25, 0.3) is 0 Å². The molecule has 5 nitrogen and oxygen atoms in total. The minimum Gasteiger partial charge on any atom is -0.356 e. The van der Waals surface area contributed by atoms with Crippen LogP contribution in [-0.2, 0) is 9.47 Å². The highest BCUT2D eigenvalue weighted by molar-refractivity contribution is 4.87. The number of likely N-dealkylation sites (N-methyl/N-ethyl adjacent to an activating group) is 1. The van der Waals surface area contributed by atoms with Crippen LogP contribution in [0, 0.1) is 0 Å². The zero-order valence-corrected chi connectivity index (χ0v) is 12.3. The van der Waals surface area contributed by atoms with Gasteiger partial charge in [-0.15, -0.1) is 0 Å². The van der Waals surface area contributed by atoms with E-state index in [1.807, 2.05) is 0 Å². The molecule has 0 aliphatic carbocycles. The largest absolute Gasteiger partial charge is 0.356 e. The standard InChI is InChI=1S/C13H29N3O2/c1-15(2)10-11-6-5-7-16(11)12(9-14)8-13(17-3)18-4/h11-13H,5-10,14H2,1-4H3. The predicted molar refractivity (Wildman–Crippen MR) is 73.5 cm³/mol. The van der Waals surface area contributed by atoms with E-state index in [0.717, 1.165) is 19.5 Å². The molecule has 0 spiro atoms. The Hall–Kier alpha value is -0.200. The second-order valence-corrected chi connectivity index (χ2v) is 5.32. The van der Waals surface area contributed by atoms with Crippen LogP contribution in [0.4, 0.5) is 0 Å². The van der Waals surface area contributed by atoms with Crippen molar-refractivity contribution in [2.75, 3.05) is 47.9 Å². The van der Waals surface area contributed by atoms with Crippen molar-refractivity contribution in [3.63, 3.8) is 0 Å². The Morgan fingerprint density at radius 3 is 2.50 bits per heavy atom. The molecular weight excluding hydrogens is 230 g/mol.